The molecule has 0 atom stereocenters. The average molecular weight is 786 g/mol. The second kappa shape index (κ2) is 13.0. The van der Waals surface area contributed by atoms with Gasteiger partial charge in [-0.25, -0.2) is 4.85 Å². The van der Waals surface area contributed by atoms with Gasteiger partial charge < -0.3 is 14.0 Å². The van der Waals surface area contributed by atoms with Gasteiger partial charge in [-0.2, -0.15) is 5.26 Å². The predicted octanol–water partition coefficient (Wildman–Crippen LogP) is 12.3. The third kappa shape index (κ3) is 4.56. The fourth-order valence-electron chi connectivity index (χ4n) is 10.6. The summed E-state index contributed by atoms with van der Waals surface area (Å²) in [4.78, 5) is 6.87. The molecule has 0 fully saturated rings. The summed E-state index contributed by atoms with van der Waals surface area (Å²) >= 11 is 0. The largest absolute Gasteiger partial charge is 0.320 e. The Morgan fingerprint density at radius 2 is 1.03 bits per heavy atom. The molecular formula is C56H32BN5. The van der Waals surface area contributed by atoms with Crippen molar-refractivity contribution in [2.75, 3.05) is 4.90 Å². The quantitative estimate of drug-likeness (QED) is 0.132. The van der Waals surface area contributed by atoms with Crippen molar-refractivity contribution in [3.63, 3.8) is 0 Å². The van der Waals surface area contributed by atoms with Gasteiger partial charge in [0, 0.05) is 38.4 Å². The van der Waals surface area contributed by atoms with Gasteiger partial charge in [0.25, 0.3) is 6.71 Å². The van der Waals surface area contributed by atoms with Crippen LogP contribution in [0.15, 0.2) is 194 Å². The predicted molar refractivity (Wildman–Crippen MR) is 256 cm³/mol. The Morgan fingerprint density at radius 1 is 0.468 bits per heavy atom. The maximum absolute atomic E-state index is 12.0. The van der Waals surface area contributed by atoms with Crippen LogP contribution in [0.1, 0.15) is 5.56 Å². The van der Waals surface area contributed by atoms with Crippen LogP contribution in [0.25, 0.3) is 82.1 Å². The molecule has 0 spiro atoms. The molecule has 2 aromatic heterocycles. The molecule has 284 valence electrons. The van der Waals surface area contributed by atoms with E-state index in [0.717, 1.165) is 105 Å². The topological polar surface area (TPSA) is 41.2 Å². The molecule has 4 heterocycles. The summed E-state index contributed by atoms with van der Waals surface area (Å²) in [6.45, 7) is 9.12. The molecule has 0 unspecified atom stereocenters. The highest BCUT2D eigenvalue weighted by Crippen LogP contribution is 2.50. The van der Waals surface area contributed by atoms with Gasteiger partial charge in [0.2, 0.25) is 5.69 Å². The molecule has 2 aliphatic rings. The zero-order valence-corrected chi connectivity index (χ0v) is 33.3. The molecule has 9 aromatic carbocycles. The van der Waals surface area contributed by atoms with Crippen LogP contribution in [0.3, 0.4) is 0 Å². The second-order valence-corrected chi connectivity index (χ2v) is 16.2. The van der Waals surface area contributed by atoms with Crippen molar-refractivity contribution in [3.8, 4) is 39.7 Å². The van der Waals surface area contributed by atoms with Crippen molar-refractivity contribution < 1.29 is 0 Å². The number of anilines is 3. The summed E-state index contributed by atoms with van der Waals surface area (Å²) in [5.41, 5.74) is 16.6. The zero-order valence-electron chi connectivity index (χ0n) is 33.3. The molecule has 0 N–H and O–H groups in total. The first-order valence-electron chi connectivity index (χ1n) is 20.9. The van der Waals surface area contributed by atoms with Gasteiger partial charge in [-0.1, -0.05) is 158 Å². The van der Waals surface area contributed by atoms with E-state index in [9.17, 15) is 11.8 Å². The lowest BCUT2D eigenvalue weighted by molar-refractivity contribution is 1.13. The summed E-state index contributed by atoms with van der Waals surface area (Å²) in [6, 6.07) is 71.0. The van der Waals surface area contributed by atoms with Crippen LogP contribution < -0.4 is 21.3 Å². The summed E-state index contributed by atoms with van der Waals surface area (Å²) in [7, 11) is 0. The monoisotopic (exact) mass is 785 g/mol. The minimum atomic E-state index is -0.231. The molecule has 2 aliphatic heterocycles. The molecule has 0 aliphatic carbocycles. The molecule has 11 aromatic rings. The molecular weight excluding hydrogens is 753 g/mol. The maximum atomic E-state index is 12.0. The summed E-state index contributed by atoms with van der Waals surface area (Å²) in [6.07, 6.45) is 0. The van der Waals surface area contributed by atoms with E-state index in [4.69, 9.17) is 0 Å². The highest BCUT2D eigenvalue weighted by Gasteiger charge is 2.45. The first-order valence-corrected chi connectivity index (χ1v) is 20.9. The number of fused-ring (bicyclic) bond motifs is 10. The third-order valence-electron chi connectivity index (χ3n) is 13.1. The van der Waals surface area contributed by atoms with Crippen LogP contribution >= 0.6 is 0 Å². The van der Waals surface area contributed by atoms with Crippen molar-refractivity contribution in [2.45, 2.75) is 0 Å². The lowest BCUT2D eigenvalue weighted by Gasteiger charge is -2.42. The van der Waals surface area contributed by atoms with Gasteiger partial charge in [-0.3, -0.25) is 0 Å². The number of nitrogens with zero attached hydrogens (tertiary/aromatic N) is 5. The standard InChI is InChI=1S/C56H32BN5/c1-59-52-55(61-49-32-37(35-16-5-2-6-17-35)28-30-41(49)42-31-29-38(33-50(42)61)36-18-7-3-8-19-36)44(34-58)54-51-56(52)62-47-26-13-11-22-40(47)43-23-15-25-46(53(43)62)57(51)45-24-12-14-27-48(45)60(54)39-20-9-4-10-21-39/h2-33H. The Bertz CT molecular complexity index is 3680. The lowest BCUT2D eigenvalue weighted by atomic mass is 9.33. The van der Waals surface area contributed by atoms with Crippen LogP contribution in [0.2, 0.25) is 0 Å². The van der Waals surface area contributed by atoms with Gasteiger partial charge in [0.15, 0.2) is 0 Å². The van der Waals surface area contributed by atoms with Gasteiger partial charge >= 0.3 is 0 Å². The second-order valence-electron chi connectivity index (χ2n) is 16.2. The Balaban J connectivity index is 1.27. The van der Waals surface area contributed by atoms with Crippen LogP contribution in [0.4, 0.5) is 22.7 Å². The van der Waals surface area contributed by atoms with Gasteiger partial charge in [-0.15, -0.1) is 0 Å². The molecule has 0 saturated heterocycles. The molecule has 0 saturated carbocycles. The molecule has 13 rings (SSSR count). The normalized spacial score (nSPS) is 12.4. The Kier molecular flexibility index (Phi) is 7.17. The minimum Gasteiger partial charge on any atom is -0.320 e. The number of hydrogen-bond acceptors (Lipinski definition) is 2. The molecule has 6 heteroatoms. The Hall–Kier alpha value is -8.58. The molecule has 0 bridgehead atoms. The maximum Gasteiger partial charge on any atom is 0.250 e. The number of para-hydroxylation sites is 4. The van der Waals surface area contributed by atoms with Crippen molar-refractivity contribution in [2.24, 2.45) is 0 Å². The van der Waals surface area contributed by atoms with Gasteiger partial charge in [0.05, 0.1) is 45.7 Å². The van der Waals surface area contributed by atoms with E-state index in [1.54, 1.807) is 0 Å². The van der Waals surface area contributed by atoms with E-state index in [1.807, 2.05) is 18.2 Å². The van der Waals surface area contributed by atoms with Crippen molar-refractivity contribution in [1.29, 1.82) is 5.26 Å². The Labute approximate surface area is 358 Å². The average Bonchev–Trinajstić information content (AvgIpc) is 3.85. The lowest BCUT2D eigenvalue weighted by Crippen LogP contribution is -2.60. The smallest absolute Gasteiger partial charge is 0.250 e. The summed E-state index contributed by atoms with van der Waals surface area (Å²) < 4.78 is 4.57. The van der Waals surface area contributed by atoms with Gasteiger partial charge in [-0.05, 0) is 75.0 Å². The highest BCUT2D eigenvalue weighted by atomic mass is 15.2. The van der Waals surface area contributed by atoms with E-state index in [-0.39, 0.29) is 6.71 Å². The SMILES string of the molecule is [C-]#[N+]c1c(-n2c3cc(-c4ccccc4)ccc3c3ccc(-c4ccccc4)cc32)c(C#N)c2c3c1-n1c4ccccc4c4cccc(c41)B3c1ccccc1N2c1ccccc1. The van der Waals surface area contributed by atoms with Crippen LogP contribution in [0, 0.1) is 17.9 Å². The number of nitriles is 1. The minimum absolute atomic E-state index is 0.231. The number of hydrogen-bond donors (Lipinski definition) is 0. The number of rotatable bonds is 4. The van der Waals surface area contributed by atoms with Crippen molar-refractivity contribution >= 4 is 89.5 Å². The van der Waals surface area contributed by atoms with E-state index >= 15 is 0 Å². The van der Waals surface area contributed by atoms with E-state index in [2.05, 4.69) is 201 Å². The van der Waals surface area contributed by atoms with E-state index < -0.39 is 0 Å². The summed E-state index contributed by atoms with van der Waals surface area (Å²) in [5, 5.41) is 16.3. The van der Waals surface area contributed by atoms with E-state index in [0.29, 0.717) is 16.9 Å². The molecule has 0 amide bonds. The summed E-state index contributed by atoms with van der Waals surface area (Å²) in [5.74, 6) is 0. The molecule has 0 radical (unpaired) electrons. The molecule has 5 nitrogen and oxygen atoms in total. The fourth-order valence-corrected chi connectivity index (χ4v) is 10.6. The van der Waals surface area contributed by atoms with Crippen LogP contribution in [0.5, 0.6) is 0 Å². The van der Waals surface area contributed by atoms with Crippen LogP contribution in [-0.2, 0) is 0 Å². The zero-order chi connectivity index (χ0) is 41.1. The van der Waals surface area contributed by atoms with Crippen molar-refractivity contribution in [3.05, 3.63) is 211 Å². The van der Waals surface area contributed by atoms with Crippen molar-refractivity contribution in [1.82, 2.24) is 9.13 Å². The van der Waals surface area contributed by atoms with Gasteiger partial charge in [0.1, 0.15) is 6.07 Å². The molecule has 62 heavy (non-hydrogen) atoms. The van der Waals surface area contributed by atoms with E-state index in [1.165, 1.54) is 0 Å². The first kappa shape index (κ1) is 34.3. The number of benzene rings is 9. The fraction of sp³-hybridized carbons (Fsp3) is 0. The first-order chi connectivity index (χ1) is 30.7. The van der Waals surface area contributed by atoms with Crippen LogP contribution in [-0.4, -0.2) is 15.8 Å². The number of aromatic nitrogens is 2. The highest BCUT2D eigenvalue weighted by molar-refractivity contribution is 7.00. The Morgan fingerprint density at radius 3 is 1.69 bits per heavy atom. The third-order valence-corrected chi connectivity index (χ3v) is 13.1.